The summed E-state index contributed by atoms with van der Waals surface area (Å²) in [6, 6.07) is 30.0. The van der Waals surface area contributed by atoms with E-state index in [9.17, 15) is 4.79 Å². The van der Waals surface area contributed by atoms with Gasteiger partial charge in [-0.05, 0) is 70.8 Å². The number of nitrogens with one attached hydrogen (secondary N) is 1. The predicted molar refractivity (Wildman–Crippen MR) is 203 cm³/mol. The van der Waals surface area contributed by atoms with Crippen LogP contribution in [0.3, 0.4) is 0 Å². The predicted octanol–water partition coefficient (Wildman–Crippen LogP) is 8.01. The number of fused-ring (bicyclic) bond motifs is 4. The molecule has 1 atom stereocenters. The lowest BCUT2D eigenvalue weighted by Gasteiger charge is -2.37. The fourth-order valence-corrected chi connectivity index (χ4v) is 8.13. The summed E-state index contributed by atoms with van der Waals surface area (Å²) in [5, 5.41) is 12.6. The zero-order valence-electron chi connectivity index (χ0n) is 29.6. The van der Waals surface area contributed by atoms with Crippen LogP contribution in [-0.2, 0) is 11.2 Å². The van der Waals surface area contributed by atoms with Crippen molar-refractivity contribution in [2.45, 2.75) is 17.6 Å². The maximum Gasteiger partial charge on any atom is 0.233 e. The van der Waals surface area contributed by atoms with Crippen LogP contribution in [0.15, 0.2) is 102 Å². The minimum atomic E-state index is -0.468. The van der Waals surface area contributed by atoms with Crippen molar-refractivity contribution in [1.29, 1.82) is 0 Å². The molecule has 0 radical (unpaired) electrons. The lowest BCUT2D eigenvalue weighted by molar-refractivity contribution is -0.130. The number of carbonyl (C=O) groups is 1. The highest BCUT2D eigenvalue weighted by Gasteiger charge is 2.36. The highest BCUT2D eigenvalue weighted by molar-refractivity contribution is 7.99. The van der Waals surface area contributed by atoms with E-state index in [1.165, 1.54) is 44.7 Å². The van der Waals surface area contributed by atoms with Crippen LogP contribution in [0.5, 0.6) is 23.0 Å². The summed E-state index contributed by atoms with van der Waals surface area (Å²) in [6.07, 6.45) is 0.664. The molecular weight excluding hydrogens is 694 g/mol. The Hall–Kier alpha value is -6.01. The van der Waals surface area contributed by atoms with Crippen LogP contribution < -0.4 is 18.9 Å². The molecule has 0 aliphatic carbocycles. The lowest BCUT2D eigenvalue weighted by atomic mass is 9.89. The van der Waals surface area contributed by atoms with E-state index in [1.807, 2.05) is 35.2 Å². The fourth-order valence-electron chi connectivity index (χ4n) is 7.30. The van der Waals surface area contributed by atoms with Crippen molar-refractivity contribution in [1.82, 2.24) is 24.6 Å². The van der Waals surface area contributed by atoms with E-state index in [2.05, 4.69) is 45.5 Å². The van der Waals surface area contributed by atoms with Crippen LogP contribution >= 0.6 is 11.8 Å². The topological polar surface area (TPSA) is 104 Å². The Labute approximate surface area is 309 Å². The van der Waals surface area contributed by atoms with Crippen molar-refractivity contribution in [2.24, 2.45) is 0 Å². The van der Waals surface area contributed by atoms with E-state index in [0.29, 0.717) is 46.8 Å². The van der Waals surface area contributed by atoms with Gasteiger partial charge in [0.15, 0.2) is 22.5 Å². The second kappa shape index (κ2) is 14.2. The highest BCUT2D eigenvalue weighted by Crippen LogP contribution is 2.44. The van der Waals surface area contributed by atoms with Crippen LogP contribution in [0, 0.1) is 5.82 Å². The van der Waals surface area contributed by atoms with Crippen molar-refractivity contribution in [3.63, 3.8) is 0 Å². The monoisotopic (exact) mass is 729 g/mol. The summed E-state index contributed by atoms with van der Waals surface area (Å²) in [7, 11) is 6.24. The van der Waals surface area contributed by atoms with Crippen molar-refractivity contribution in [2.75, 3.05) is 40.7 Å². The molecule has 1 aliphatic rings. The number of nitrogens with zero attached hydrogens (tertiary/aromatic N) is 4. The normalized spacial score (nSPS) is 14.0. The maximum atomic E-state index is 15.5. The van der Waals surface area contributed by atoms with Crippen molar-refractivity contribution < 1.29 is 28.1 Å². The zero-order chi connectivity index (χ0) is 36.6. The average molecular weight is 730 g/mol. The fraction of sp³-hybridized carbons (Fsp3) is 0.195. The first-order chi connectivity index (χ1) is 25.9. The number of amides is 1. The molecule has 0 bridgehead atoms. The zero-order valence-corrected chi connectivity index (χ0v) is 30.4. The van der Waals surface area contributed by atoms with Gasteiger partial charge in [0.25, 0.3) is 0 Å². The molecule has 1 N–H and O–H groups in total. The van der Waals surface area contributed by atoms with Gasteiger partial charge in [-0.2, -0.15) is 0 Å². The Balaban J connectivity index is 1.19. The minimum Gasteiger partial charge on any atom is -0.497 e. The number of aromatic nitrogens is 4. The number of methoxy groups -OCH3 is 4. The van der Waals surface area contributed by atoms with Crippen LogP contribution in [0.4, 0.5) is 4.39 Å². The SMILES string of the molecule is COc1ccc2[nH]c3c(c2c1)CCN(C(=O)CSc1nnc(-c2cc(OC)c(OC)c(OC)c2)n1-c1ccccc1F)C3c1cccc2ccccc12. The number of hydrogen-bond donors (Lipinski definition) is 1. The number of hydrogen-bond acceptors (Lipinski definition) is 8. The summed E-state index contributed by atoms with van der Waals surface area (Å²) in [4.78, 5) is 20.1. The minimum absolute atomic E-state index is 0.0342. The summed E-state index contributed by atoms with van der Waals surface area (Å²) in [5.74, 6) is 1.83. The number of H-pyrrole nitrogens is 1. The van der Waals surface area contributed by atoms with Crippen LogP contribution in [0.1, 0.15) is 22.9 Å². The van der Waals surface area contributed by atoms with E-state index in [0.717, 1.165) is 38.7 Å². The molecule has 3 heterocycles. The van der Waals surface area contributed by atoms with Gasteiger partial charge in [0.05, 0.1) is 45.9 Å². The number of thioether (sulfide) groups is 1. The first-order valence-corrected chi connectivity index (χ1v) is 18.0. The Morgan fingerprint density at radius 1 is 0.849 bits per heavy atom. The molecule has 1 unspecified atom stereocenters. The smallest absolute Gasteiger partial charge is 0.233 e. The number of benzene rings is 5. The van der Waals surface area contributed by atoms with Gasteiger partial charge >= 0.3 is 0 Å². The maximum absolute atomic E-state index is 15.5. The van der Waals surface area contributed by atoms with E-state index < -0.39 is 5.82 Å². The molecule has 1 aliphatic heterocycles. The van der Waals surface area contributed by atoms with Gasteiger partial charge < -0.3 is 28.8 Å². The molecule has 5 aromatic carbocycles. The first kappa shape index (κ1) is 34.1. The third-order valence-corrected chi connectivity index (χ3v) is 10.7. The molecule has 12 heteroatoms. The Kier molecular flexibility index (Phi) is 9.13. The molecule has 0 fully saturated rings. The molecule has 268 valence electrons. The molecule has 7 aromatic rings. The second-order valence-electron chi connectivity index (χ2n) is 12.5. The molecule has 53 heavy (non-hydrogen) atoms. The highest BCUT2D eigenvalue weighted by atomic mass is 32.2. The summed E-state index contributed by atoms with van der Waals surface area (Å²) >= 11 is 1.21. The van der Waals surface area contributed by atoms with Crippen LogP contribution in [-0.4, -0.2) is 71.3 Å². The van der Waals surface area contributed by atoms with Gasteiger partial charge in [-0.25, -0.2) is 4.39 Å². The standard InChI is InChI=1S/C41H36FN5O5S/c1-49-26-16-17-32-30(22-26)28-18-19-46(38(37(28)43-32)29-13-9-11-24-10-5-6-12-27(24)29)36(48)23-53-41-45-44-40(47(41)33-15-8-7-14-31(33)42)25-20-34(50-2)39(52-4)35(21-25)51-3/h5-17,20-22,38,43H,18-19,23H2,1-4H3. The van der Waals surface area contributed by atoms with Crippen molar-refractivity contribution in [3.05, 3.63) is 120 Å². The van der Waals surface area contributed by atoms with Gasteiger partial charge in [0.1, 0.15) is 11.6 Å². The number of ether oxygens (including phenoxy) is 4. The summed E-state index contributed by atoms with van der Waals surface area (Å²) < 4.78 is 39.4. The van der Waals surface area contributed by atoms with E-state index in [-0.39, 0.29) is 23.4 Å². The van der Waals surface area contributed by atoms with E-state index in [1.54, 1.807) is 42.0 Å². The van der Waals surface area contributed by atoms with E-state index in [4.69, 9.17) is 18.9 Å². The summed E-state index contributed by atoms with van der Waals surface area (Å²) in [6.45, 7) is 0.501. The molecule has 1 amide bonds. The quantitative estimate of drug-likeness (QED) is 0.141. The number of rotatable bonds is 10. The third-order valence-electron chi connectivity index (χ3n) is 9.75. The van der Waals surface area contributed by atoms with Gasteiger partial charge in [-0.15, -0.1) is 10.2 Å². The summed E-state index contributed by atoms with van der Waals surface area (Å²) in [5.41, 5.74) is 4.96. The van der Waals surface area contributed by atoms with E-state index >= 15 is 4.39 Å². The second-order valence-corrected chi connectivity index (χ2v) is 13.5. The van der Waals surface area contributed by atoms with Gasteiger partial charge in [-0.3, -0.25) is 9.36 Å². The number of para-hydroxylation sites is 1. The number of carbonyl (C=O) groups excluding carboxylic acids is 1. The van der Waals surface area contributed by atoms with Crippen LogP contribution in [0.2, 0.25) is 0 Å². The lowest BCUT2D eigenvalue weighted by Crippen LogP contribution is -2.41. The molecule has 2 aromatic heterocycles. The molecular formula is C41H36FN5O5S. The molecule has 0 saturated carbocycles. The number of halogens is 1. The van der Waals surface area contributed by atoms with Crippen molar-refractivity contribution in [3.8, 4) is 40.1 Å². The molecule has 10 nitrogen and oxygen atoms in total. The molecule has 0 saturated heterocycles. The number of aromatic amines is 1. The van der Waals surface area contributed by atoms with Gasteiger partial charge in [0.2, 0.25) is 11.7 Å². The van der Waals surface area contributed by atoms with Gasteiger partial charge in [-0.1, -0.05) is 66.4 Å². The molecule has 0 spiro atoms. The van der Waals surface area contributed by atoms with Crippen LogP contribution in [0.25, 0.3) is 38.8 Å². The Bertz CT molecular complexity index is 2470. The first-order valence-electron chi connectivity index (χ1n) is 17.0. The van der Waals surface area contributed by atoms with Crippen molar-refractivity contribution >= 4 is 39.3 Å². The largest absolute Gasteiger partial charge is 0.497 e. The van der Waals surface area contributed by atoms with Gasteiger partial charge in [0, 0.05) is 28.7 Å². The Morgan fingerprint density at radius 2 is 1.60 bits per heavy atom. The molecule has 8 rings (SSSR count). The average Bonchev–Trinajstić information content (AvgIpc) is 3.80. The third kappa shape index (κ3) is 5.98. The Morgan fingerprint density at radius 3 is 2.36 bits per heavy atom.